The van der Waals surface area contributed by atoms with Gasteiger partial charge in [0.05, 0.1) is 22.2 Å². The largest absolute Gasteiger partial charge is 0.333 e. The lowest BCUT2D eigenvalue weighted by molar-refractivity contribution is -0.143. The number of sulfone groups is 1. The lowest BCUT2D eigenvalue weighted by Crippen LogP contribution is -2.43. The minimum atomic E-state index is -3.14. The molecule has 0 bridgehead atoms. The summed E-state index contributed by atoms with van der Waals surface area (Å²) < 4.78 is 22.9. The van der Waals surface area contributed by atoms with Crippen LogP contribution in [0, 0.1) is 0 Å². The molecule has 2 rings (SSSR count). The van der Waals surface area contributed by atoms with Gasteiger partial charge in [-0.1, -0.05) is 23.2 Å². The van der Waals surface area contributed by atoms with E-state index < -0.39 is 27.7 Å². The molecule has 1 fully saturated rings. The molecule has 2 amide bonds. The van der Waals surface area contributed by atoms with E-state index in [9.17, 15) is 18.0 Å². The van der Waals surface area contributed by atoms with E-state index in [0.717, 1.165) is 4.90 Å². The molecule has 1 atom stereocenters. The van der Waals surface area contributed by atoms with Crippen LogP contribution in [0.3, 0.4) is 0 Å². The number of halogens is 2. The van der Waals surface area contributed by atoms with Crippen LogP contribution in [-0.2, 0) is 19.4 Å². The van der Waals surface area contributed by atoms with E-state index in [1.807, 2.05) is 0 Å². The van der Waals surface area contributed by atoms with Gasteiger partial charge in [0, 0.05) is 18.1 Å². The van der Waals surface area contributed by atoms with Crippen LogP contribution in [0.15, 0.2) is 18.2 Å². The first kappa shape index (κ1) is 17.1. The Morgan fingerprint density at radius 3 is 2.59 bits per heavy atom. The number of hydrogen-bond donors (Lipinski definition) is 1. The molecule has 0 saturated carbocycles. The molecule has 0 aliphatic carbocycles. The van der Waals surface area contributed by atoms with E-state index in [1.165, 1.54) is 19.2 Å². The van der Waals surface area contributed by atoms with E-state index in [-0.39, 0.29) is 22.2 Å². The molecule has 1 heterocycles. The van der Waals surface area contributed by atoms with Gasteiger partial charge in [0.25, 0.3) is 0 Å². The fourth-order valence-electron chi connectivity index (χ4n) is 2.18. The summed E-state index contributed by atoms with van der Waals surface area (Å²) in [5.41, 5.74) is 0.222. The maximum Gasteiger partial charge on any atom is 0.313 e. The van der Waals surface area contributed by atoms with Gasteiger partial charge in [-0.25, -0.2) is 8.42 Å². The summed E-state index contributed by atoms with van der Waals surface area (Å²) in [5.74, 6) is -1.81. The number of benzene rings is 1. The van der Waals surface area contributed by atoms with Crippen LogP contribution in [0.1, 0.15) is 6.42 Å². The molecule has 0 radical (unpaired) electrons. The van der Waals surface area contributed by atoms with Crippen LogP contribution in [0.25, 0.3) is 0 Å². The molecule has 1 unspecified atom stereocenters. The van der Waals surface area contributed by atoms with Gasteiger partial charge in [0.2, 0.25) is 0 Å². The van der Waals surface area contributed by atoms with Crippen LogP contribution >= 0.6 is 23.2 Å². The summed E-state index contributed by atoms with van der Waals surface area (Å²) >= 11 is 11.7. The third-order valence-electron chi connectivity index (χ3n) is 3.45. The Hall–Kier alpha value is -1.31. The minimum absolute atomic E-state index is 0.0248. The first-order chi connectivity index (χ1) is 10.2. The second kappa shape index (κ2) is 6.44. The van der Waals surface area contributed by atoms with Gasteiger partial charge >= 0.3 is 11.8 Å². The summed E-state index contributed by atoms with van der Waals surface area (Å²) in [6, 6.07) is 3.99. The SMILES string of the molecule is CN(C(=O)C(=O)Nc1cc(Cl)ccc1Cl)C1CCS(=O)(=O)C1. The molecule has 6 nitrogen and oxygen atoms in total. The highest BCUT2D eigenvalue weighted by atomic mass is 35.5. The van der Waals surface area contributed by atoms with Gasteiger partial charge in [-0.05, 0) is 24.6 Å². The minimum Gasteiger partial charge on any atom is -0.333 e. The summed E-state index contributed by atoms with van der Waals surface area (Å²) in [6.45, 7) is 0. The molecule has 0 spiro atoms. The molecule has 1 aliphatic heterocycles. The zero-order chi connectivity index (χ0) is 16.5. The molecule has 0 aromatic heterocycles. The van der Waals surface area contributed by atoms with Crippen LogP contribution in [-0.4, -0.2) is 49.7 Å². The molecule has 120 valence electrons. The highest BCUT2D eigenvalue weighted by Crippen LogP contribution is 2.25. The summed E-state index contributed by atoms with van der Waals surface area (Å²) in [4.78, 5) is 25.2. The lowest BCUT2D eigenvalue weighted by Gasteiger charge is -2.22. The van der Waals surface area contributed by atoms with Crippen molar-refractivity contribution >= 4 is 50.5 Å². The molecule has 1 aromatic rings. The summed E-state index contributed by atoms with van der Waals surface area (Å²) in [7, 11) is -1.73. The Morgan fingerprint density at radius 1 is 1.32 bits per heavy atom. The fourth-order valence-corrected chi connectivity index (χ4v) is 4.29. The number of hydrogen-bond acceptors (Lipinski definition) is 4. The van der Waals surface area contributed by atoms with E-state index in [2.05, 4.69) is 5.32 Å². The van der Waals surface area contributed by atoms with Gasteiger partial charge in [0.1, 0.15) is 0 Å². The maximum absolute atomic E-state index is 12.1. The maximum atomic E-state index is 12.1. The molecule has 1 aliphatic rings. The van der Waals surface area contributed by atoms with E-state index >= 15 is 0 Å². The second-order valence-corrected chi connectivity index (χ2v) is 8.12. The highest BCUT2D eigenvalue weighted by molar-refractivity contribution is 7.91. The van der Waals surface area contributed by atoms with Crippen molar-refractivity contribution in [3.8, 4) is 0 Å². The van der Waals surface area contributed by atoms with Crippen molar-refractivity contribution in [2.45, 2.75) is 12.5 Å². The van der Waals surface area contributed by atoms with Gasteiger partial charge in [0.15, 0.2) is 9.84 Å². The van der Waals surface area contributed by atoms with Gasteiger partial charge in [-0.15, -0.1) is 0 Å². The van der Waals surface area contributed by atoms with Crippen molar-refractivity contribution in [1.29, 1.82) is 0 Å². The molecule has 1 N–H and O–H groups in total. The first-order valence-corrected chi connectivity index (χ1v) is 9.01. The number of amides is 2. The molecule has 1 aromatic carbocycles. The number of nitrogens with zero attached hydrogens (tertiary/aromatic N) is 1. The van der Waals surface area contributed by atoms with E-state index in [4.69, 9.17) is 23.2 Å². The number of likely N-dealkylation sites (N-methyl/N-ethyl adjacent to an activating group) is 1. The Bertz CT molecular complexity index is 721. The van der Waals surface area contributed by atoms with Crippen molar-refractivity contribution in [3.63, 3.8) is 0 Å². The Balaban J connectivity index is 2.06. The van der Waals surface area contributed by atoms with Crippen LogP contribution < -0.4 is 5.32 Å². The topological polar surface area (TPSA) is 83.6 Å². The second-order valence-electron chi connectivity index (χ2n) is 5.05. The van der Waals surface area contributed by atoms with Crippen molar-refractivity contribution in [2.75, 3.05) is 23.9 Å². The average Bonchev–Trinajstić information content (AvgIpc) is 2.81. The van der Waals surface area contributed by atoms with Gasteiger partial charge < -0.3 is 10.2 Å². The van der Waals surface area contributed by atoms with Gasteiger partial charge in [-0.2, -0.15) is 0 Å². The van der Waals surface area contributed by atoms with Gasteiger partial charge in [-0.3, -0.25) is 9.59 Å². The number of carbonyl (C=O) groups excluding carboxylic acids is 2. The first-order valence-electron chi connectivity index (χ1n) is 6.43. The van der Waals surface area contributed by atoms with E-state index in [0.29, 0.717) is 11.4 Å². The quantitative estimate of drug-likeness (QED) is 0.807. The molecular weight excluding hydrogens is 351 g/mol. The predicted molar refractivity (Wildman–Crippen MR) is 84.9 cm³/mol. The van der Waals surface area contributed by atoms with E-state index in [1.54, 1.807) is 6.07 Å². The van der Waals surface area contributed by atoms with Crippen molar-refractivity contribution in [1.82, 2.24) is 4.90 Å². The summed E-state index contributed by atoms with van der Waals surface area (Å²) in [6.07, 6.45) is 0.329. The number of carbonyl (C=O) groups is 2. The zero-order valence-electron chi connectivity index (χ0n) is 11.7. The number of rotatable bonds is 2. The lowest BCUT2D eigenvalue weighted by atomic mass is 10.2. The normalized spacial score (nSPS) is 19.7. The Kier molecular flexibility index (Phi) is 4.99. The van der Waals surface area contributed by atoms with Crippen LogP contribution in [0.4, 0.5) is 5.69 Å². The molecule has 9 heteroatoms. The van der Waals surface area contributed by atoms with Crippen molar-refractivity contribution < 1.29 is 18.0 Å². The standard InChI is InChI=1S/C13H14Cl2N2O4S/c1-17(9-4-5-22(20,21)7-9)13(19)12(18)16-11-6-8(14)2-3-10(11)15/h2-3,6,9H,4-5,7H2,1H3,(H,16,18). The molecule has 1 saturated heterocycles. The predicted octanol–water partition coefficient (Wildman–Crippen LogP) is 1.58. The molecule has 22 heavy (non-hydrogen) atoms. The Morgan fingerprint density at radius 2 is 2.00 bits per heavy atom. The number of anilines is 1. The average molecular weight is 365 g/mol. The van der Waals surface area contributed by atoms with Crippen LogP contribution in [0.5, 0.6) is 0 Å². The number of nitrogens with one attached hydrogen (secondary N) is 1. The van der Waals surface area contributed by atoms with Crippen molar-refractivity contribution in [2.24, 2.45) is 0 Å². The zero-order valence-corrected chi connectivity index (χ0v) is 14.0. The third-order valence-corrected chi connectivity index (χ3v) is 5.76. The third kappa shape index (κ3) is 3.91. The fraction of sp³-hybridized carbons (Fsp3) is 0.385. The smallest absolute Gasteiger partial charge is 0.313 e. The summed E-state index contributed by atoms with van der Waals surface area (Å²) in [5, 5.41) is 2.99. The Labute approximate surface area is 138 Å². The van der Waals surface area contributed by atoms with Crippen molar-refractivity contribution in [3.05, 3.63) is 28.2 Å². The highest BCUT2D eigenvalue weighted by Gasteiger charge is 2.34. The monoisotopic (exact) mass is 364 g/mol. The van der Waals surface area contributed by atoms with Crippen LogP contribution in [0.2, 0.25) is 10.0 Å². The molecular formula is C13H14Cl2N2O4S.